The Morgan fingerprint density at radius 2 is 2.11 bits per heavy atom. The minimum atomic E-state index is -0.315. The summed E-state index contributed by atoms with van der Waals surface area (Å²) in [6, 6.07) is 14.4. The molecule has 2 aromatic heterocycles. The van der Waals surface area contributed by atoms with Crippen LogP contribution >= 0.6 is 27.7 Å². The SMILES string of the molecule is C[C@@H]1CN2C(=N[C@H](c3ccccn3)[C@H]2c2ccc(-c3ccc(Br)cc3F)o2)S1. The highest BCUT2D eigenvalue weighted by atomic mass is 79.9. The minimum Gasteiger partial charge on any atom is -0.459 e. The van der Waals surface area contributed by atoms with Gasteiger partial charge in [0.15, 0.2) is 5.17 Å². The third-order valence-electron chi connectivity index (χ3n) is 5.00. The second-order valence-corrected chi connectivity index (χ2v) is 9.28. The Labute approximate surface area is 175 Å². The molecule has 0 saturated carbocycles. The van der Waals surface area contributed by atoms with Gasteiger partial charge in [0, 0.05) is 22.5 Å². The van der Waals surface area contributed by atoms with Gasteiger partial charge in [-0.2, -0.15) is 0 Å². The van der Waals surface area contributed by atoms with Gasteiger partial charge in [-0.3, -0.25) is 4.98 Å². The lowest BCUT2D eigenvalue weighted by molar-refractivity contribution is 0.277. The Balaban J connectivity index is 1.54. The molecule has 4 heterocycles. The fraction of sp³-hybridized carbons (Fsp3) is 0.238. The summed E-state index contributed by atoms with van der Waals surface area (Å²) in [6.45, 7) is 3.10. The monoisotopic (exact) mass is 457 g/mol. The molecular formula is C21H17BrFN3OS. The maximum absolute atomic E-state index is 14.4. The number of halogens is 2. The van der Waals surface area contributed by atoms with Crippen LogP contribution in [-0.2, 0) is 0 Å². The third kappa shape index (κ3) is 3.06. The van der Waals surface area contributed by atoms with Crippen molar-refractivity contribution < 1.29 is 8.81 Å². The first kappa shape index (κ1) is 17.9. The van der Waals surface area contributed by atoms with E-state index in [4.69, 9.17) is 9.41 Å². The Morgan fingerprint density at radius 1 is 1.21 bits per heavy atom. The van der Waals surface area contributed by atoms with Crippen LogP contribution in [0.15, 0.2) is 68.6 Å². The van der Waals surface area contributed by atoms with Crippen molar-refractivity contribution >= 4 is 32.9 Å². The third-order valence-corrected chi connectivity index (χ3v) is 6.59. The second kappa shape index (κ2) is 7.04. The zero-order chi connectivity index (χ0) is 19.3. The molecule has 2 aliphatic heterocycles. The van der Waals surface area contributed by atoms with Crippen molar-refractivity contribution in [1.82, 2.24) is 9.88 Å². The molecule has 4 nitrogen and oxygen atoms in total. The zero-order valence-electron chi connectivity index (χ0n) is 15.0. The Kier molecular flexibility index (Phi) is 4.51. The highest BCUT2D eigenvalue weighted by molar-refractivity contribution is 9.10. The summed E-state index contributed by atoms with van der Waals surface area (Å²) in [7, 11) is 0. The van der Waals surface area contributed by atoms with E-state index in [9.17, 15) is 4.39 Å². The molecule has 1 saturated heterocycles. The minimum absolute atomic E-state index is 0.0744. The summed E-state index contributed by atoms with van der Waals surface area (Å²) in [5.74, 6) is 0.986. The van der Waals surface area contributed by atoms with Gasteiger partial charge < -0.3 is 9.32 Å². The molecule has 7 heteroatoms. The summed E-state index contributed by atoms with van der Waals surface area (Å²) < 4.78 is 21.3. The molecule has 0 bridgehead atoms. The molecule has 1 aromatic carbocycles. The van der Waals surface area contributed by atoms with Crippen molar-refractivity contribution in [2.75, 3.05) is 6.54 Å². The lowest BCUT2D eigenvalue weighted by Crippen LogP contribution is -2.28. The highest BCUT2D eigenvalue weighted by Crippen LogP contribution is 2.48. The molecule has 0 unspecified atom stereocenters. The van der Waals surface area contributed by atoms with Crippen LogP contribution in [0.1, 0.15) is 30.5 Å². The predicted octanol–water partition coefficient (Wildman–Crippen LogP) is 5.83. The lowest BCUT2D eigenvalue weighted by atomic mass is 10.0. The van der Waals surface area contributed by atoms with Gasteiger partial charge in [-0.15, -0.1) is 0 Å². The van der Waals surface area contributed by atoms with E-state index in [1.807, 2.05) is 36.4 Å². The molecule has 28 heavy (non-hydrogen) atoms. The van der Waals surface area contributed by atoms with Gasteiger partial charge in [-0.1, -0.05) is 40.7 Å². The number of rotatable bonds is 3. The smallest absolute Gasteiger partial charge is 0.161 e. The molecule has 2 aliphatic rings. The van der Waals surface area contributed by atoms with Crippen LogP contribution in [0.5, 0.6) is 0 Å². The van der Waals surface area contributed by atoms with Crippen molar-refractivity contribution in [1.29, 1.82) is 0 Å². The number of hydrogen-bond donors (Lipinski definition) is 0. The average Bonchev–Trinajstić information content (AvgIpc) is 3.36. The Bertz CT molecular complexity index is 1050. The first-order chi connectivity index (χ1) is 13.6. The van der Waals surface area contributed by atoms with Crippen LogP contribution in [0.25, 0.3) is 11.3 Å². The molecule has 0 N–H and O–H groups in total. The molecule has 0 amide bonds. The molecule has 142 valence electrons. The number of hydrogen-bond acceptors (Lipinski definition) is 5. The van der Waals surface area contributed by atoms with Gasteiger partial charge in [0.2, 0.25) is 0 Å². The maximum Gasteiger partial charge on any atom is 0.161 e. The quantitative estimate of drug-likeness (QED) is 0.495. The second-order valence-electron chi connectivity index (χ2n) is 6.96. The largest absolute Gasteiger partial charge is 0.459 e. The molecule has 3 atom stereocenters. The number of benzene rings is 1. The summed E-state index contributed by atoms with van der Waals surface area (Å²) in [6.07, 6.45) is 1.79. The van der Waals surface area contributed by atoms with Crippen molar-refractivity contribution in [2.24, 2.45) is 4.99 Å². The van der Waals surface area contributed by atoms with Crippen molar-refractivity contribution in [2.45, 2.75) is 24.3 Å². The van der Waals surface area contributed by atoms with E-state index in [2.05, 4.69) is 32.7 Å². The topological polar surface area (TPSA) is 41.6 Å². The molecule has 0 aliphatic carbocycles. The molecule has 3 aromatic rings. The van der Waals surface area contributed by atoms with E-state index in [1.165, 1.54) is 6.07 Å². The van der Waals surface area contributed by atoms with Crippen LogP contribution in [0.4, 0.5) is 4.39 Å². The number of aliphatic imine (C=N–C) groups is 1. The fourth-order valence-electron chi connectivity index (χ4n) is 3.77. The highest BCUT2D eigenvalue weighted by Gasteiger charge is 2.45. The van der Waals surface area contributed by atoms with Gasteiger partial charge >= 0.3 is 0 Å². The van der Waals surface area contributed by atoms with Crippen LogP contribution in [0.3, 0.4) is 0 Å². The molecular weight excluding hydrogens is 441 g/mol. The van der Waals surface area contributed by atoms with Gasteiger partial charge in [0.1, 0.15) is 29.4 Å². The van der Waals surface area contributed by atoms with Crippen LogP contribution in [-0.4, -0.2) is 26.8 Å². The molecule has 1 fully saturated rings. The number of fused-ring (bicyclic) bond motifs is 1. The number of furan rings is 1. The number of pyridine rings is 1. The first-order valence-electron chi connectivity index (χ1n) is 9.07. The summed E-state index contributed by atoms with van der Waals surface area (Å²) in [5.41, 5.74) is 1.36. The standard InChI is InChI=1S/C21H17BrFN3OS/c1-12-11-26-20(19(25-21(26)28-12)16-4-2-3-9-24-16)18-8-7-17(27-18)14-6-5-13(22)10-15(14)23/h2-10,12,19-20H,11H2,1H3/t12-,19-,20-/m1/s1. The van der Waals surface area contributed by atoms with E-state index in [1.54, 1.807) is 24.0 Å². The van der Waals surface area contributed by atoms with Crippen LogP contribution < -0.4 is 0 Å². The van der Waals surface area contributed by atoms with Crippen molar-refractivity contribution in [3.05, 3.63) is 76.5 Å². The lowest BCUT2D eigenvalue weighted by Gasteiger charge is -2.25. The average molecular weight is 458 g/mol. The van der Waals surface area contributed by atoms with Crippen molar-refractivity contribution in [3.8, 4) is 11.3 Å². The normalized spacial score (nSPS) is 23.8. The maximum atomic E-state index is 14.4. The van der Waals surface area contributed by atoms with Gasteiger partial charge in [-0.25, -0.2) is 9.38 Å². The number of nitrogens with zero attached hydrogens (tertiary/aromatic N) is 3. The summed E-state index contributed by atoms with van der Waals surface area (Å²) >= 11 is 5.08. The van der Waals surface area contributed by atoms with E-state index in [0.29, 0.717) is 21.0 Å². The fourth-order valence-corrected chi connectivity index (χ4v) is 5.20. The van der Waals surface area contributed by atoms with Crippen LogP contribution in [0, 0.1) is 5.82 Å². The van der Waals surface area contributed by atoms with Gasteiger partial charge in [-0.05, 0) is 42.5 Å². The Hall–Kier alpha value is -2.12. The number of amidine groups is 1. The Morgan fingerprint density at radius 3 is 2.89 bits per heavy atom. The number of thioether (sulfide) groups is 1. The van der Waals surface area contributed by atoms with Gasteiger partial charge in [0.25, 0.3) is 0 Å². The number of aromatic nitrogens is 1. The predicted molar refractivity (Wildman–Crippen MR) is 113 cm³/mol. The zero-order valence-corrected chi connectivity index (χ0v) is 17.5. The van der Waals surface area contributed by atoms with E-state index in [-0.39, 0.29) is 17.9 Å². The van der Waals surface area contributed by atoms with Crippen LogP contribution in [0.2, 0.25) is 0 Å². The van der Waals surface area contributed by atoms with E-state index in [0.717, 1.165) is 23.2 Å². The molecule has 0 spiro atoms. The summed E-state index contributed by atoms with van der Waals surface area (Å²) in [5, 5.41) is 1.50. The molecule has 5 rings (SSSR count). The van der Waals surface area contributed by atoms with Crippen molar-refractivity contribution in [3.63, 3.8) is 0 Å². The van der Waals surface area contributed by atoms with E-state index >= 15 is 0 Å². The summed E-state index contributed by atoms with van der Waals surface area (Å²) in [4.78, 5) is 11.8. The van der Waals surface area contributed by atoms with Gasteiger partial charge in [0.05, 0.1) is 11.3 Å². The first-order valence-corrected chi connectivity index (χ1v) is 10.7. The van der Waals surface area contributed by atoms with E-state index < -0.39 is 0 Å². The molecule has 0 radical (unpaired) electrons.